The largest absolute Gasteiger partial charge is 0.298 e. The molecule has 2 aromatic carbocycles. The highest BCUT2D eigenvalue weighted by atomic mass is 79.9. The van der Waals surface area contributed by atoms with Gasteiger partial charge in [-0.25, -0.2) is 13.2 Å². The summed E-state index contributed by atoms with van der Waals surface area (Å²) in [6.45, 7) is 0. The molecule has 0 amide bonds. The van der Waals surface area contributed by atoms with Gasteiger partial charge in [-0.2, -0.15) is 0 Å². The highest BCUT2D eigenvalue weighted by molar-refractivity contribution is 9.10. The number of rotatable bonds is 3. The number of carbonyl (C=O) groups excluding carboxylic acids is 1. The molecule has 0 saturated heterocycles. The standard InChI is InChI=1S/C14H8BrF3O/c15-11-2-1-8(10(4-11)7-19)3-9-5-13(17)14(18)6-12(9)16/h1-2,4-7H,3H2. The van der Waals surface area contributed by atoms with Crippen LogP contribution >= 0.6 is 15.9 Å². The molecule has 0 aliphatic carbocycles. The van der Waals surface area contributed by atoms with E-state index in [0.29, 0.717) is 28.0 Å². The third-order valence-electron chi connectivity index (χ3n) is 2.71. The van der Waals surface area contributed by atoms with Gasteiger partial charge in [0.25, 0.3) is 0 Å². The Hall–Kier alpha value is -1.62. The molecule has 0 saturated carbocycles. The average molecular weight is 329 g/mol. The van der Waals surface area contributed by atoms with Crippen LogP contribution in [0.2, 0.25) is 0 Å². The van der Waals surface area contributed by atoms with Crippen molar-refractivity contribution in [3.8, 4) is 0 Å². The van der Waals surface area contributed by atoms with Crippen molar-refractivity contribution in [2.24, 2.45) is 0 Å². The third-order valence-corrected chi connectivity index (χ3v) is 3.20. The summed E-state index contributed by atoms with van der Waals surface area (Å²) in [6.07, 6.45) is 0.655. The van der Waals surface area contributed by atoms with Crippen molar-refractivity contribution < 1.29 is 18.0 Å². The number of halogens is 4. The maximum atomic E-state index is 13.5. The monoisotopic (exact) mass is 328 g/mol. The van der Waals surface area contributed by atoms with Gasteiger partial charge >= 0.3 is 0 Å². The first-order valence-corrected chi connectivity index (χ1v) is 6.17. The molecule has 2 rings (SSSR count). The van der Waals surface area contributed by atoms with Crippen LogP contribution in [-0.2, 0) is 6.42 Å². The summed E-state index contributed by atoms with van der Waals surface area (Å²) < 4.78 is 40.1. The lowest BCUT2D eigenvalue weighted by Gasteiger charge is -2.07. The lowest BCUT2D eigenvalue weighted by molar-refractivity contribution is 0.112. The highest BCUT2D eigenvalue weighted by Crippen LogP contribution is 2.21. The predicted molar refractivity (Wildman–Crippen MR) is 68.7 cm³/mol. The van der Waals surface area contributed by atoms with Crippen molar-refractivity contribution >= 4 is 22.2 Å². The molecule has 0 atom stereocenters. The lowest BCUT2D eigenvalue weighted by atomic mass is 10.00. The smallest absolute Gasteiger partial charge is 0.161 e. The normalized spacial score (nSPS) is 10.5. The Labute approximate surface area is 116 Å². The molecular weight excluding hydrogens is 321 g/mol. The Morgan fingerprint density at radius 2 is 1.63 bits per heavy atom. The molecule has 19 heavy (non-hydrogen) atoms. The molecule has 0 unspecified atom stereocenters. The summed E-state index contributed by atoms with van der Waals surface area (Å²) >= 11 is 3.22. The molecule has 0 fully saturated rings. The van der Waals surface area contributed by atoms with Crippen LogP contribution in [-0.4, -0.2) is 6.29 Å². The van der Waals surface area contributed by atoms with E-state index in [1.165, 1.54) is 0 Å². The van der Waals surface area contributed by atoms with Crippen LogP contribution < -0.4 is 0 Å². The molecule has 0 aromatic heterocycles. The fourth-order valence-corrected chi connectivity index (χ4v) is 2.12. The molecule has 0 N–H and O–H groups in total. The first kappa shape index (κ1) is 13.8. The Bertz CT molecular complexity index is 641. The fourth-order valence-electron chi connectivity index (χ4n) is 1.74. The summed E-state index contributed by atoms with van der Waals surface area (Å²) in [6, 6.07) is 6.22. The van der Waals surface area contributed by atoms with Crippen molar-refractivity contribution in [3.63, 3.8) is 0 Å². The number of hydrogen-bond donors (Lipinski definition) is 0. The maximum absolute atomic E-state index is 13.5. The summed E-state index contributed by atoms with van der Waals surface area (Å²) in [7, 11) is 0. The third kappa shape index (κ3) is 3.04. The topological polar surface area (TPSA) is 17.1 Å². The second kappa shape index (κ2) is 5.57. The Morgan fingerprint density at radius 1 is 0.947 bits per heavy atom. The number of aldehydes is 1. The molecule has 1 nitrogen and oxygen atoms in total. The van der Waals surface area contributed by atoms with Gasteiger partial charge in [-0.1, -0.05) is 22.0 Å². The van der Waals surface area contributed by atoms with E-state index in [2.05, 4.69) is 15.9 Å². The van der Waals surface area contributed by atoms with Crippen LogP contribution in [0, 0.1) is 17.5 Å². The van der Waals surface area contributed by atoms with Gasteiger partial charge < -0.3 is 0 Å². The van der Waals surface area contributed by atoms with Crippen molar-refractivity contribution in [2.45, 2.75) is 6.42 Å². The summed E-state index contributed by atoms with van der Waals surface area (Å²) in [5, 5.41) is 0. The van der Waals surface area contributed by atoms with Crippen molar-refractivity contribution in [2.75, 3.05) is 0 Å². The van der Waals surface area contributed by atoms with Crippen LogP contribution in [0.3, 0.4) is 0 Å². The lowest BCUT2D eigenvalue weighted by Crippen LogP contribution is -1.99. The molecule has 0 spiro atoms. The molecule has 0 bridgehead atoms. The van der Waals surface area contributed by atoms with E-state index in [-0.39, 0.29) is 12.0 Å². The maximum Gasteiger partial charge on any atom is 0.161 e. The van der Waals surface area contributed by atoms with Gasteiger partial charge in [0.1, 0.15) is 12.1 Å². The molecule has 2 aromatic rings. The molecule has 98 valence electrons. The van der Waals surface area contributed by atoms with Gasteiger partial charge in [-0.3, -0.25) is 4.79 Å². The van der Waals surface area contributed by atoms with E-state index in [1.54, 1.807) is 18.2 Å². The molecule has 0 aliphatic heterocycles. The Kier molecular flexibility index (Phi) is 4.04. The van der Waals surface area contributed by atoms with Crippen molar-refractivity contribution in [3.05, 3.63) is 68.9 Å². The van der Waals surface area contributed by atoms with E-state index in [9.17, 15) is 18.0 Å². The minimum atomic E-state index is -1.23. The average Bonchev–Trinajstić information content (AvgIpc) is 2.37. The zero-order valence-corrected chi connectivity index (χ0v) is 11.2. The minimum absolute atomic E-state index is 0.00400. The molecule has 5 heteroatoms. The van der Waals surface area contributed by atoms with Crippen LogP contribution in [0.4, 0.5) is 13.2 Å². The van der Waals surface area contributed by atoms with Crippen molar-refractivity contribution in [1.82, 2.24) is 0 Å². The van der Waals surface area contributed by atoms with Gasteiger partial charge in [0.2, 0.25) is 0 Å². The van der Waals surface area contributed by atoms with Crippen LogP contribution in [0.25, 0.3) is 0 Å². The van der Waals surface area contributed by atoms with E-state index < -0.39 is 17.5 Å². The van der Waals surface area contributed by atoms with Crippen LogP contribution in [0.5, 0.6) is 0 Å². The Balaban J connectivity index is 2.41. The SMILES string of the molecule is O=Cc1cc(Br)ccc1Cc1cc(F)c(F)cc1F. The molecule has 0 aliphatic rings. The van der Waals surface area contributed by atoms with Crippen LogP contribution in [0.15, 0.2) is 34.8 Å². The molecular formula is C14H8BrF3O. The predicted octanol–water partition coefficient (Wildman–Crippen LogP) is 4.27. The number of hydrogen-bond acceptors (Lipinski definition) is 1. The minimum Gasteiger partial charge on any atom is -0.298 e. The molecule has 0 radical (unpaired) electrons. The number of benzene rings is 2. The van der Waals surface area contributed by atoms with E-state index in [0.717, 1.165) is 6.07 Å². The van der Waals surface area contributed by atoms with Gasteiger partial charge in [0.15, 0.2) is 11.6 Å². The first-order chi connectivity index (χ1) is 9.01. The van der Waals surface area contributed by atoms with E-state index in [1.807, 2.05) is 0 Å². The first-order valence-electron chi connectivity index (χ1n) is 5.38. The van der Waals surface area contributed by atoms with Crippen LogP contribution in [0.1, 0.15) is 21.5 Å². The second-order valence-electron chi connectivity index (χ2n) is 4.00. The molecule has 0 heterocycles. The summed E-state index contributed by atoms with van der Waals surface area (Å²) in [4.78, 5) is 10.9. The highest BCUT2D eigenvalue weighted by Gasteiger charge is 2.12. The number of carbonyl (C=O) groups is 1. The van der Waals surface area contributed by atoms with Crippen molar-refractivity contribution in [1.29, 1.82) is 0 Å². The van der Waals surface area contributed by atoms with E-state index in [4.69, 9.17) is 0 Å². The Morgan fingerprint density at radius 3 is 2.32 bits per heavy atom. The second-order valence-corrected chi connectivity index (χ2v) is 4.91. The zero-order chi connectivity index (χ0) is 14.0. The summed E-state index contributed by atoms with van der Waals surface area (Å²) in [5.41, 5.74) is 0.922. The van der Waals surface area contributed by atoms with E-state index >= 15 is 0 Å². The van der Waals surface area contributed by atoms with Gasteiger partial charge in [0.05, 0.1) is 0 Å². The zero-order valence-electron chi connectivity index (χ0n) is 9.59. The van der Waals surface area contributed by atoms with Gasteiger partial charge in [-0.15, -0.1) is 0 Å². The quantitative estimate of drug-likeness (QED) is 0.607. The van der Waals surface area contributed by atoms with Gasteiger partial charge in [-0.05, 0) is 29.3 Å². The fraction of sp³-hybridized carbons (Fsp3) is 0.0714. The van der Waals surface area contributed by atoms with Gasteiger partial charge in [0, 0.05) is 22.5 Å². The summed E-state index contributed by atoms with van der Waals surface area (Å²) in [5.74, 6) is -3.17.